The van der Waals surface area contributed by atoms with Gasteiger partial charge in [-0.05, 0) is 26.7 Å². The highest BCUT2D eigenvalue weighted by molar-refractivity contribution is 6.05. The van der Waals surface area contributed by atoms with E-state index in [1.54, 1.807) is 0 Å². The van der Waals surface area contributed by atoms with Crippen LogP contribution < -0.4 is 0 Å². The molecule has 2 rings (SSSR count). The minimum Gasteiger partial charge on any atom is -0.481 e. The van der Waals surface area contributed by atoms with Gasteiger partial charge >= 0.3 is 5.97 Å². The molecule has 0 aromatic rings. The molecule has 2 saturated heterocycles. The minimum atomic E-state index is -0.806. The van der Waals surface area contributed by atoms with Crippen molar-refractivity contribution >= 4 is 17.8 Å². The number of carboxylic acid groups (broad SMARTS) is 1. The van der Waals surface area contributed by atoms with Crippen LogP contribution in [-0.2, 0) is 14.4 Å². The molecule has 0 aromatic carbocycles. The molecule has 2 aliphatic rings. The average Bonchev–Trinajstić information content (AvgIpc) is 2.91. The second-order valence-corrected chi connectivity index (χ2v) is 6.08. The molecule has 2 aliphatic heterocycles. The first kappa shape index (κ1) is 15.0. The van der Waals surface area contributed by atoms with Crippen LogP contribution in [0.2, 0.25) is 0 Å². The van der Waals surface area contributed by atoms with Gasteiger partial charge in [-0.15, -0.1) is 0 Å². The Balaban J connectivity index is 2.14. The summed E-state index contributed by atoms with van der Waals surface area (Å²) in [5.41, 5.74) is -0.769. The number of likely N-dealkylation sites (tertiary alicyclic amines) is 2. The summed E-state index contributed by atoms with van der Waals surface area (Å²) in [6.45, 7) is 6.41. The normalized spacial score (nSPS) is 31.6. The van der Waals surface area contributed by atoms with Gasteiger partial charge in [0.05, 0.1) is 17.9 Å². The Kier molecular flexibility index (Phi) is 3.86. The zero-order valence-electron chi connectivity index (χ0n) is 12.3. The fourth-order valence-corrected chi connectivity index (χ4v) is 3.25. The Hall–Kier alpha value is -1.43. The van der Waals surface area contributed by atoms with Crippen LogP contribution in [0.25, 0.3) is 0 Å². The number of imide groups is 1. The molecule has 0 saturated carbocycles. The standard InChI is InChI=1S/C14H22N2O4/c1-4-14(13(19)20)5-6-15(8-14)10-7-11(17)16(9(2)3)12(10)18/h9-10H,4-8H2,1-3H3,(H,19,20). The van der Waals surface area contributed by atoms with E-state index in [1.807, 2.05) is 25.7 Å². The molecule has 2 fully saturated rings. The average molecular weight is 282 g/mol. The molecule has 0 radical (unpaired) electrons. The molecule has 2 amide bonds. The second kappa shape index (κ2) is 5.16. The van der Waals surface area contributed by atoms with Crippen LogP contribution >= 0.6 is 0 Å². The molecule has 20 heavy (non-hydrogen) atoms. The van der Waals surface area contributed by atoms with E-state index in [0.29, 0.717) is 25.9 Å². The topological polar surface area (TPSA) is 77.9 Å². The van der Waals surface area contributed by atoms with Gasteiger partial charge in [-0.3, -0.25) is 24.2 Å². The smallest absolute Gasteiger partial charge is 0.310 e. The zero-order chi connectivity index (χ0) is 15.1. The van der Waals surface area contributed by atoms with Crippen LogP contribution in [0.1, 0.15) is 40.0 Å². The van der Waals surface area contributed by atoms with E-state index < -0.39 is 17.4 Å². The maximum absolute atomic E-state index is 12.3. The second-order valence-electron chi connectivity index (χ2n) is 6.08. The minimum absolute atomic E-state index is 0.141. The van der Waals surface area contributed by atoms with E-state index in [0.717, 1.165) is 0 Å². The van der Waals surface area contributed by atoms with Crippen LogP contribution in [0.15, 0.2) is 0 Å². The molecule has 6 heteroatoms. The fraction of sp³-hybridized carbons (Fsp3) is 0.786. The Morgan fingerprint density at radius 1 is 1.45 bits per heavy atom. The van der Waals surface area contributed by atoms with E-state index in [2.05, 4.69) is 0 Å². The molecule has 1 N–H and O–H groups in total. The summed E-state index contributed by atoms with van der Waals surface area (Å²) in [7, 11) is 0. The Bertz CT molecular complexity index is 448. The van der Waals surface area contributed by atoms with Crippen LogP contribution in [0.4, 0.5) is 0 Å². The predicted octanol–water partition coefficient (Wildman–Crippen LogP) is 0.709. The number of rotatable bonds is 4. The van der Waals surface area contributed by atoms with Gasteiger partial charge in [-0.1, -0.05) is 6.92 Å². The van der Waals surface area contributed by atoms with Gasteiger partial charge in [-0.2, -0.15) is 0 Å². The first-order valence-electron chi connectivity index (χ1n) is 7.15. The number of hydrogen-bond donors (Lipinski definition) is 1. The lowest BCUT2D eigenvalue weighted by Crippen LogP contribution is -2.44. The van der Waals surface area contributed by atoms with Crippen LogP contribution in [0.3, 0.4) is 0 Å². The number of carbonyl (C=O) groups is 3. The van der Waals surface area contributed by atoms with Gasteiger partial charge in [-0.25, -0.2) is 0 Å². The van der Waals surface area contributed by atoms with Gasteiger partial charge in [0.1, 0.15) is 0 Å². The van der Waals surface area contributed by atoms with Gasteiger partial charge in [0.2, 0.25) is 11.8 Å². The van der Waals surface area contributed by atoms with Crippen molar-refractivity contribution in [2.45, 2.75) is 52.1 Å². The van der Waals surface area contributed by atoms with Crippen molar-refractivity contribution < 1.29 is 19.5 Å². The molecule has 0 bridgehead atoms. The first-order valence-corrected chi connectivity index (χ1v) is 7.15. The molecule has 0 aromatic heterocycles. The SMILES string of the molecule is CCC1(C(=O)O)CCN(C2CC(=O)N(C(C)C)C2=O)C1. The number of carboxylic acids is 1. The van der Waals surface area contributed by atoms with E-state index in [9.17, 15) is 19.5 Å². The summed E-state index contributed by atoms with van der Waals surface area (Å²) < 4.78 is 0. The van der Waals surface area contributed by atoms with Gasteiger partial charge in [0.15, 0.2) is 0 Å². The van der Waals surface area contributed by atoms with Crippen molar-refractivity contribution in [3.63, 3.8) is 0 Å². The highest BCUT2D eigenvalue weighted by Gasteiger charge is 2.50. The third-order valence-corrected chi connectivity index (χ3v) is 4.63. The van der Waals surface area contributed by atoms with Crippen LogP contribution in [0.5, 0.6) is 0 Å². The van der Waals surface area contributed by atoms with Crippen molar-refractivity contribution in [1.82, 2.24) is 9.80 Å². The monoisotopic (exact) mass is 282 g/mol. The molecule has 0 aliphatic carbocycles. The summed E-state index contributed by atoms with van der Waals surface area (Å²) in [6, 6.07) is -0.615. The predicted molar refractivity (Wildman–Crippen MR) is 71.9 cm³/mol. The number of amides is 2. The quantitative estimate of drug-likeness (QED) is 0.768. The van der Waals surface area contributed by atoms with Crippen molar-refractivity contribution in [2.24, 2.45) is 5.41 Å². The van der Waals surface area contributed by atoms with Gasteiger partial charge < -0.3 is 5.11 Å². The maximum Gasteiger partial charge on any atom is 0.310 e. The maximum atomic E-state index is 12.3. The number of carbonyl (C=O) groups excluding carboxylic acids is 2. The number of nitrogens with zero attached hydrogens (tertiary/aromatic N) is 2. The van der Waals surface area contributed by atoms with Gasteiger partial charge in [0.25, 0.3) is 0 Å². The highest BCUT2D eigenvalue weighted by Crippen LogP contribution is 2.37. The highest BCUT2D eigenvalue weighted by atomic mass is 16.4. The van der Waals surface area contributed by atoms with E-state index in [1.165, 1.54) is 4.90 Å². The number of hydrogen-bond acceptors (Lipinski definition) is 4. The Morgan fingerprint density at radius 2 is 2.10 bits per heavy atom. The fourth-order valence-electron chi connectivity index (χ4n) is 3.25. The summed E-state index contributed by atoms with van der Waals surface area (Å²) in [6.07, 6.45) is 1.26. The van der Waals surface area contributed by atoms with E-state index in [-0.39, 0.29) is 24.3 Å². The lowest BCUT2D eigenvalue weighted by molar-refractivity contribution is -0.149. The molecular weight excluding hydrogens is 260 g/mol. The van der Waals surface area contributed by atoms with Crippen molar-refractivity contribution in [1.29, 1.82) is 0 Å². The van der Waals surface area contributed by atoms with Crippen LogP contribution in [0, 0.1) is 5.41 Å². The molecule has 112 valence electrons. The molecule has 2 heterocycles. The lowest BCUT2D eigenvalue weighted by atomic mass is 9.84. The summed E-state index contributed by atoms with van der Waals surface area (Å²) in [4.78, 5) is 38.9. The molecule has 0 spiro atoms. The van der Waals surface area contributed by atoms with Crippen molar-refractivity contribution in [2.75, 3.05) is 13.1 Å². The van der Waals surface area contributed by atoms with E-state index in [4.69, 9.17) is 0 Å². The Labute approximate surface area is 118 Å². The summed E-state index contributed by atoms with van der Waals surface area (Å²) in [5.74, 6) is -1.14. The van der Waals surface area contributed by atoms with E-state index >= 15 is 0 Å². The lowest BCUT2D eigenvalue weighted by Gasteiger charge is -2.26. The molecule has 2 unspecified atom stereocenters. The third kappa shape index (κ3) is 2.22. The number of aliphatic carboxylic acids is 1. The molecular formula is C14H22N2O4. The third-order valence-electron chi connectivity index (χ3n) is 4.63. The molecule has 6 nitrogen and oxygen atoms in total. The molecule has 2 atom stereocenters. The van der Waals surface area contributed by atoms with Gasteiger partial charge in [0, 0.05) is 19.1 Å². The summed E-state index contributed by atoms with van der Waals surface area (Å²) in [5, 5.41) is 9.39. The zero-order valence-corrected chi connectivity index (χ0v) is 12.3. The van der Waals surface area contributed by atoms with Crippen molar-refractivity contribution in [3.05, 3.63) is 0 Å². The van der Waals surface area contributed by atoms with Crippen LogP contribution in [-0.4, -0.2) is 57.9 Å². The largest absolute Gasteiger partial charge is 0.481 e. The Morgan fingerprint density at radius 3 is 2.50 bits per heavy atom. The first-order chi connectivity index (χ1) is 9.32. The van der Waals surface area contributed by atoms with Crippen molar-refractivity contribution in [3.8, 4) is 0 Å². The summed E-state index contributed by atoms with van der Waals surface area (Å²) >= 11 is 0.